The van der Waals surface area contributed by atoms with Gasteiger partial charge < -0.3 is 5.11 Å². The van der Waals surface area contributed by atoms with E-state index in [9.17, 15) is 14.3 Å². The van der Waals surface area contributed by atoms with Crippen LogP contribution in [-0.2, 0) is 0 Å². The normalized spacial score (nSPS) is 10.8. The molecule has 3 rings (SSSR count). The summed E-state index contributed by atoms with van der Waals surface area (Å²) in [5.74, 6) is -0.331. The Balaban J connectivity index is 2.24. The molecule has 0 amide bonds. The lowest BCUT2D eigenvalue weighted by Crippen LogP contribution is -1.89. The summed E-state index contributed by atoms with van der Waals surface area (Å²) in [7, 11) is 0. The highest BCUT2D eigenvalue weighted by atomic mass is 35.5. The first-order chi connectivity index (χ1) is 10.1. The Hall–Kier alpha value is -2.39. The largest absolute Gasteiger partial charge is 0.508 e. The number of phenolic OH excluding ortho intramolecular Hbond substituents is 1. The van der Waals surface area contributed by atoms with E-state index >= 15 is 0 Å². The Bertz CT molecular complexity index is 842. The van der Waals surface area contributed by atoms with Gasteiger partial charge in [-0.15, -0.1) is 0 Å². The van der Waals surface area contributed by atoms with E-state index in [0.29, 0.717) is 17.2 Å². The molecule has 2 nitrogen and oxygen atoms in total. The van der Waals surface area contributed by atoms with Crippen molar-refractivity contribution in [1.29, 1.82) is 0 Å². The van der Waals surface area contributed by atoms with Crippen LogP contribution in [0.2, 0.25) is 5.02 Å². The zero-order valence-corrected chi connectivity index (χ0v) is 11.6. The number of halogens is 2. The number of hydrogen-bond donors (Lipinski definition) is 1. The average Bonchev–Trinajstić information content (AvgIpc) is 2.48. The van der Waals surface area contributed by atoms with Crippen LogP contribution in [0.25, 0.3) is 21.9 Å². The number of hydrogen-bond acceptors (Lipinski definition) is 2. The molecule has 1 N–H and O–H groups in total. The second kappa shape index (κ2) is 5.19. The van der Waals surface area contributed by atoms with Gasteiger partial charge in [-0.2, -0.15) is 0 Å². The predicted molar refractivity (Wildman–Crippen MR) is 81.4 cm³/mol. The molecule has 0 aliphatic rings. The Labute approximate surface area is 125 Å². The molecule has 3 aromatic carbocycles. The fourth-order valence-corrected chi connectivity index (χ4v) is 2.61. The van der Waals surface area contributed by atoms with Crippen molar-refractivity contribution in [2.24, 2.45) is 0 Å². The smallest absolute Gasteiger partial charge is 0.151 e. The summed E-state index contributed by atoms with van der Waals surface area (Å²) in [5.41, 5.74) is 1.72. The van der Waals surface area contributed by atoms with Crippen molar-refractivity contribution in [3.05, 3.63) is 64.9 Å². The standard InChI is InChI=1S/C17H10ClFO2/c18-17-12(9-20)2-1-11-7-13(8-15(19)16(11)17)10-3-5-14(21)6-4-10/h1-9,21H. The first-order valence-corrected chi connectivity index (χ1v) is 6.64. The van der Waals surface area contributed by atoms with Crippen molar-refractivity contribution in [2.75, 3.05) is 0 Å². The summed E-state index contributed by atoms with van der Waals surface area (Å²) in [6.45, 7) is 0. The maximum atomic E-state index is 14.3. The first-order valence-electron chi connectivity index (χ1n) is 6.26. The van der Waals surface area contributed by atoms with Crippen LogP contribution in [0.4, 0.5) is 4.39 Å². The van der Waals surface area contributed by atoms with Gasteiger partial charge in [0.1, 0.15) is 11.6 Å². The number of aldehydes is 1. The number of phenols is 1. The van der Waals surface area contributed by atoms with Gasteiger partial charge in [0.05, 0.1) is 5.02 Å². The number of fused-ring (bicyclic) bond motifs is 1. The molecular formula is C17H10ClFO2. The molecule has 0 bridgehead atoms. The summed E-state index contributed by atoms with van der Waals surface area (Å²) in [6, 6.07) is 12.9. The minimum atomic E-state index is -0.482. The van der Waals surface area contributed by atoms with Gasteiger partial charge in [0.15, 0.2) is 6.29 Å². The molecule has 0 aromatic heterocycles. The van der Waals surface area contributed by atoms with Crippen molar-refractivity contribution in [3.8, 4) is 16.9 Å². The monoisotopic (exact) mass is 300 g/mol. The third kappa shape index (κ3) is 2.36. The molecule has 0 heterocycles. The lowest BCUT2D eigenvalue weighted by atomic mass is 9.99. The Kier molecular flexibility index (Phi) is 3.35. The van der Waals surface area contributed by atoms with Crippen molar-refractivity contribution in [2.45, 2.75) is 0 Å². The van der Waals surface area contributed by atoms with E-state index in [0.717, 1.165) is 5.56 Å². The molecule has 3 aromatic rings. The summed E-state index contributed by atoms with van der Waals surface area (Å²) < 4.78 is 14.3. The highest BCUT2D eigenvalue weighted by molar-refractivity contribution is 6.38. The van der Waals surface area contributed by atoms with Crippen molar-refractivity contribution >= 4 is 28.7 Å². The van der Waals surface area contributed by atoms with E-state index in [1.54, 1.807) is 42.5 Å². The fourth-order valence-electron chi connectivity index (χ4n) is 2.30. The maximum absolute atomic E-state index is 14.3. The van der Waals surface area contributed by atoms with Gasteiger partial charge in [-0.05, 0) is 46.8 Å². The minimum absolute atomic E-state index is 0.122. The molecule has 0 saturated heterocycles. The van der Waals surface area contributed by atoms with Crippen LogP contribution in [0.3, 0.4) is 0 Å². The molecule has 104 valence electrons. The quantitative estimate of drug-likeness (QED) is 0.689. The maximum Gasteiger partial charge on any atom is 0.151 e. The molecule has 0 spiro atoms. The number of rotatable bonds is 2. The lowest BCUT2D eigenvalue weighted by molar-refractivity contribution is 0.112. The van der Waals surface area contributed by atoms with Crippen LogP contribution in [-0.4, -0.2) is 11.4 Å². The third-order valence-corrected chi connectivity index (χ3v) is 3.77. The molecule has 0 aliphatic heterocycles. The average molecular weight is 301 g/mol. The van der Waals surface area contributed by atoms with Gasteiger partial charge in [-0.1, -0.05) is 29.8 Å². The molecule has 0 atom stereocenters. The second-order valence-corrected chi connectivity index (χ2v) is 5.07. The van der Waals surface area contributed by atoms with Gasteiger partial charge in [0, 0.05) is 10.9 Å². The minimum Gasteiger partial charge on any atom is -0.508 e. The predicted octanol–water partition coefficient (Wildman–Crippen LogP) is 4.82. The lowest BCUT2D eigenvalue weighted by Gasteiger charge is -2.08. The summed E-state index contributed by atoms with van der Waals surface area (Å²) >= 11 is 6.06. The highest BCUT2D eigenvalue weighted by Crippen LogP contribution is 2.33. The van der Waals surface area contributed by atoms with Crippen LogP contribution in [0.15, 0.2) is 48.5 Å². The van der Waals surface area contributed by atoms with Crippen molar-refractivity contribution in [3.63, 3.8) is 0 Å². The highest BCUT2D eigenvalue weighted by Gasteiger charge is 2.12. The van der Waals surface area contributed by atoms with Crippen molar-refractivity contribution in [1.82, 2.24) is 0 Å². The van der Waals surface area contributed by atoms with E-state index in [1.807, 2.05) is 0 Å². The van der Waals surface area contributed by atoms with Crippen LogP contribution >= 0.6 is 11.6 Å². The summed E-state index contributed by atoms with van der Waals surface area (Å²) in [4.78, 5) is 10.9. The topological polar surface area (TPSA) is 37.3 Å². The Morgan fingerprint density at radius 1 is 1.00 bits per heavy atom. The van der Waals surface area contributed by atoms with Crippen molar-refractivity contribution < 1.29 is 14.3 Å². The summed E-state index contributed by atoms with van der Waals surface area (Å²) in [6.07, 6.45) is 0.606. The Morgan fingerprint density at radius 2 is 1.71 bits per heavy atom. The van der Waals surface area contributed by atoms with Crippen LogP contribution in [0.5, 0.6) is 5.75 Å². The van der Waals surface area contributed by atoms with E-state index in [1.165, 1.54) is 6.07 Å². The SMILES string of the molecule is O=Cc1ccc2cc(-c3ccc(O)cc3)cc(F)c2c1Cl. The molecule has 0 fully saturated rings. The summed E-state index contributed by atoms with van der Waals surface area (Å²) in [5, 5.41) is 10.3. The molecule has 4 heteroatoms. The van der Waals surface area contributed by atoms with E-state index < -0.39 is 5.82 Å². The molecule has 0 saturated carbocycles. The van der Waals surface area contributed by atoms with E-state index in [4.69, 9.17) is 11.6 Å². The van der Waals surface area contributed by atoms with Gasteiger partial charge in [-0.25, -0.2) is 4.39 Å². The van der Waals surface area contributed by atoms with Crippen LogP contribution < -0.4 is 0 Å². The number of benzene rings is 3. The number of carbonyl (C=O) groups excluding carboxylic acids is 1. The van der Waals surface area contributed by atoms with Gasteiger partial charge >= 0.3 is 0 Å². The molecule has 0 unspecified atom stereocenters. The third-order valence-electron chi connectivity index (χ3n) is 3.36. The fraction of sp³-hybridized carbons (Fsp3) is 0. The number of aromatic hydroxyl groups is 1. The van der Waals surface area contributed by atoms with E-state index in [2.05, 4.69) is 0 Å². The molecular weight excluding hydrogens is 291 g/mol. The van der Waals surface area contributed by atoms with Gasteiger partial charge in [0.25, 0.3) is 0 Å². The van der Waals surface area contributed by atoms with Crippen LogP contribution in [0, 0.1) is 5.82 Å². The van der Waals surface area contributed by atoms with Gasteiger partial charge in [0.2, 0.25) is 0 Å². The molecule has 0 aliphatic carbocycles. The Morgan fingerprint density at radius 3 is 2.38 bits per heavy atom. The number of carbonyl (C=O) groups is 1. The zero-order chi connectivity index (χ0) is 15.0. The first kappa shape index (κ1) is 13.6. The molecule has 0 radical (unpaired) electrons. The van der Waals surface area contributed by atoms with E-state index in [-0.39, 0.29) is 21.7 Å². The molecule has 21 heavy (non-hydrogen) atoms. The second-order valence-electron chi connectivity index (χ2n) is 4.69. The zero-order valence-electron chi connectivity index (χ0n) is 10.8. The van der Waals surface area contributed by atoms with Crippen LogP contribution in [0.1, 0.15) is 10.4 Å². The van der Waals surface area contributed by atoms with Gasteiger partial charge in [-0.3, -0.25) is 4.79 Å².